The molecule has 0 aliphatic heterocycles. The highest BCUT2D eigenvalue weighted by molar-refractivity contribution is 6.61. The minimum atomic E-state index is -0.854. The minimum absolute atomic E-state index is 0.0100. The third-order valence-electron chi connectivity index (χ3n) is 23.6. The van der Waals surface area contributed by atoms with Crippen LogP contribution in [0.5, 0.6) is 0 Å². The van der Waals surface area contributed by atoms with Gasteiger partial charge < -0.3 is 30.8 Å². The van der Waals surface area contributed by atoms with Gasteiger partial charge in [0.25, 0.3) is 0 Å². The molecule has 2 amide bonds. The molecule has 0 aromatic carbocycles. The third-order valence-corrected chi connectivity index (χ3v) is 23.7. The first kappa shape index (κ1) is 58.2. The van der Waals surface area contributed by atoms with Gasteiger partial charge in [0.05, 0.1) is 13.2 Å². The van der Waals surface area contributed by atoms with Gasteiger partial charge >= 0.3 is 11.6 Å². The molecule has 10 aliphatic rings. The van der Waals surface area contributed by atoms with Crippen molar-refractivity contribution in [3.05, 3.63) is 92.6 Å². The topological polar surface area (TPSA) is 202 Å². The molecule has 6 saturated carbocycles. The van der Waals surface area contributed by atoms with E-state index in [1.807, 2.05) is 13.8 Å². The fourth-order valence-corrected chi connectivity index (χ4v) is 17.9. The van der Waals surface area contributed by atoms with E-state index in [1.54, 1.807) is 26.0 Å². The maximum absolute atomic E-state index is 13.2. The Morgan fingerprint density at radius 3 is 1.36 bits per heavy atom. The lowest BCUT2D eigenvalue weighted by atomic mass is 9.34. The average Bonchev–Trinajstić information content (AvgIpc) is 3.56. The first-order valence-electron chi connectivity index (χ1n) is 28.4. The van der Waals surface area contributed by atoms with Gasteiger partial charge in [0.2, 0.25) is 23.4 Å². The summed E-state index contributed by atoms with van der Waals surface area (Å²) in [6.07, 6.45) is 25.3. The number of aliphatic hydroxyl groups excluding tert-OH is 1. The molecule has 6 fully saturated rings. The van der Waals surface area contributed by atoms with E-state index in [0.29, 0.717) is 29.6 Å². The number of halogens is 1. The SMILES string of the molecule is CC1=C(O)C(=O)C=C2C1=CC=C1[C@@]2(C)CC[C@@]2(C)[C@@H]3C[C@](C)(C(N)=O)CC[C@]3(C)CC[C@]12C.CCOC(=O)Cl.CCOC(=O)OC1=C(C)C2=CC=C3[C@@](C)(CC[C@@]4(C)[C@@H]5C[C@](C)(C(N)=O)CC[C@]5(C)CC[C@]34C)C2=CC1=O. The average molecular weight is 1080 g/mol. The molecule has 10 rings (SSSR count). The summed E-state index contributed by atoms with van der Waals surface area (Å²) in [6.45, 7) is 31.0. The lowest BCUT2D eigenvalue weighted by Crippen LogP contribution is -2.62. The van der Waals surface area contributed by atoms with Crippen molar-refractivity contribution in [2.24, 2.45) is 77.5 Å². The summed E-state index contributed by atoms with van der Waals surface area (Å²) in [5, 5.41) is 10.3. The molecule has 0 saturated heterocycles. The predicted molar refractivity (Wildman–Crippen MR) is 299 cm³/mol. The largest absolute Gasteiger partial charge is 0.513 e. The van der Waals surface area contributed by atoms with Crippen LogP contribution in [0.2, 0.25) is 0 Å². The fraction of sp³-hybridized carbons (Fsp3) is 0.656. The van der Waals surface area contributed by atoms with Gasteiger partial charge in [0.1, 0.15) is 0 Å². The molecule has 13 heteroatoms. The summed E-state index contributed by atoms with van der Waals surface area (Å²) in [5.74, 6) is -0.146. The molecule has 0 bridgehead atoms. The molecular weight excluding hydrogens is 992 g/mol. The number of hydrogen-bond acceptors (Lipinski definition) is 10. The fourth-order valence-electron chi connectivity index (χ4n) is 17.8. The molecule has 0 aromatic rings. The summed E-state index contributed by atoms with van der Waals surface area (Å²) < 4.78 is 14.4. The highest BCUT2D eigenvalue weighted by Gasteiger charge is 2.69. The molecule has 12 nitrogen and oxygen atoms in total. The van der Waals surface area contributed by atoms with E-state index in [2.05, 4.69) is 98.3 Å². The van der Waals surface area contributed by atoms with Crippen molar-refractivity contribution in [1.29, 1.82) is 0 Å². The molecule has 0 heterocycles. The number of ether oxygens (including phenoxy) is 3. The number of carbonyl (C=O) groups excluding carboxylic acids is 6. The van der Waals surface area contributed by atoms with Crippen molar-refractivity contribution in [2.75, 3.05) is 13.2 Å². The zero-order valence-corrected chi connectivity index (χ0v) is 49.3. The van der Waals surface area contributed by atoms with Crippen LogP contribution < -0.4 is 11.5 Å². The van der Waals surface area contributed by atoms with Crippen molar-refractivity contribution in [2.45, 2.75) is 187 Å². The lowest BCUT2D eigenvalue weighted by Gasteiger charge is -2.70. The standard InChI is InChI=1S/C32H43NO5.C29H39NO3.C3H5ClO2/c1-8-37-27(36)38-25-19(2)20-9-10-23-30(5,21(20)17-22(25)34)14-16-32(7)24-18-29(4,26(33)35)12-11-28(24,3)13-15-31(23,32)6;1-17-18-7-8-21-27(4,19(18)15-20(31)23(17)32)12-14-29(6)22-16-26(3,24(30)33)10-9-25(22,2)11-13-28(21,29)5;1-2-6-3(4)5/h9-10,17,24H,8,11-16,18H2,1-7H3,(H2,33,35);7-8,15,22,32H,9-14,16H2,1-6H3,(H2,30,33);2H2,1H3/t24-,28-,29-,30+,31-,32+;22-,25-,26-,27+,28-,29+;/m11./s1. The number of fused-ring (bicyclic) bond motifs is 14. The summed E-state index contributed by atoms with van der Waals surface area (Å²) >= 11 is 4.72. The number of amides is 2. The zero-order chi connectivity index (χ0) is 57.1. The van der Waals surface area contributed by atoms with Crippen LogP contribution in [0.4, 0.5) is 9.59 Å². The van der Waals surface area contributed by atoms with Crippen LogP contribution in [0.15, 0.2) is 92.6 Å². The van der Waals surface area contributed by atoms with Crippen molar-refractivity contribution in [3.63, 3.8) is 0 Å². The van der Waals surface area contributed by atoms with E-state index in [1.165, 1.54) is 11.1 Å². The zero-order valence-electron chi connectivity index (χ0n) is 48.6. The Labute approximate surface area is 462 Å². The highest BCUT2D eigenvalue weighted by Crippen LogP contribution is 2.77. The highest BCUT2D eigenvalue weighted by atomic mass is 35.5. The quantitative estimate of drug-likeness (QED) is 0.176. The van der Waals surface area contributed by atoms with Gasteiger partial charge in [-0.3, -0.25) is 19.2 Å². The van der Waals surface area contributed by atoms with E-state index in [0.717, 1.165) is 112 Å². The Hall–Kier alpha value is -4.97. The van der Waals surface area contributed by atoms with Crippen LogP contribution in [-0.4, -0.2) is 53.3 Å². The molecule has 10 aliphatic carbocycles. The monoisotopic (exact) mass is 1080 g/mol. The summed E-state index contributed by atoms with van der Waals surface area (Å²) in [4.78, 5) is 72.4. The number of allylic oxidation sites excluding steroid dienone is 14. The van der Waals surface area contributed by atoms with Gasteiger partial charge in [-0.25, -0.2) is 9.59 Å². The Balaban J connectivity index is 0.000000186. The molecule has 0 radical (unpaired) electrons. The van der Waals surface area contributed by atoms with Gasteiger partial charge in [-0.05, 0) is 196 Å². The molecule has 12 atom stereocenters. The van der Waals surface area contributed by atoms with Crippen LogP contribution in [-0.2, 0) is 33.4 Å². The van der Waals surface area contributed by atoms with E-state index >= 15 is 0 Å². The molecule has 5 N–H and O–H groups in total. The van der Waals surface area contributed by atoms with Gasteiger partial charge in [-0.1, -0.05) is 105 Å². The van der Waals surface area contributed by atoms with E-state index in [9.17, 15) is 33.9 Å². The summed E-state index contributed by atoms with van der Waals surface area (Å²) in [5.41, 5.74) is 18.4. The minimum Gasteiger partial charge on any atom is -0.504 e. The van der Waals surface area contributed by atoms with Gasteiger partial charge in [0.15, 0.2) is 11.5 Å². The van der Waals surface area contributed by atoms with Crippen LogP contribution in [0.1, 0.15) is 187 Å². The first-order valence-corrected chi connectivity index (χ1v) is 28.8. The second-order valence-electron chi connectivity index (χ2n) is 27.4. The van der Waals surface area contributed by atoms with E-state index in [4.69, 9.17) is 32.5 Å². The molecule has 0 aromatic heterocycles. The van der Waals surface area contributed by atoms with E-state index < -0.39 is 22.4 Å². The van der Waals surface area contributed by atoms with Crippen molar-refractivity contribution < 1.29 is 48.1 Å². The second-order valence-corrected chi connectivity index (χ2v) is 27.7. The molecule has 0 unspecified atom stereocenters. The normalized spacial score (nSPS) is 41.3. The number of nitrogens with two attached hydrogens (primary N) is 2. The summed E-state index contributed by atoms with van der Waals surface area (Å²) in [6, 6.07) is 0. The third kappa shape index (κ3) is 8.72. The number of aliphatic hydroxyl groups is 1. The van der Waals surface area contributed by atoms with Crippen LogP contribution in [0.3, 0.4) is 0 Å². The Morgan fingerprint density at radius 2 is 0.974 bits per heavy atom. The van der Waals surface area contributed by atoms with E-state index in [-0.39, 0.29) is 84.8 Å². The second kappa shape index (κ2) is 19.4. The van der Waals surface area contributed by atoms with Crippen LogP contribution in [0, 0.1) is 66.0 Å². The van der Waals surface area contributed by atoms with Gasteiger partial charge in [-0.2, -0.15) is 0 Å². The van der Waals surface area contributed by atoms with Crippen LogP contribution in [0.25, 0.3) is 0 Å². The smallest absolute Gasteiger partial charge is 0.504 e. The molecule has 77 heavy (non-hydrogen) atoms. The maximum Gasteiger partial charge on any atom is 0.513 e. The number of hydrogen-bond donors (Lipinski definition) is 3. The first-order chi connectivity index (χ1) is 35.6. The molecule has 420 valence electrons. The Kier molecular flexibility index (Phi) is 14.7. The van der Waals surface area contributed by atoms with Crippen molar-refractivity contribution in [3.8, 4) is 0 Å². The summed E-state index contributed by atoms with van der Waals surface area (Å²) in [7, 11) is 0. The molecule has 0 spiro atoms. The van der Waals surface area contributed by atoms with Crippen LogP contribution >= 0.6 is 11.6 Å². The van der Waals surface area contributed by atoms with Gasteiger partial charge in [-0.15, -0.1) is 0 Å². The Morgan fingerprint density at radius 1 is 0.571 bits per heavy atom. The Bertz CT molecular complexity index is 2880. The van der Waals surface area contributed by atoms with Crippen molar-refractivity contribution >= 4 is 46.6 Å². The number of primary amides is 2. The number of ketones is 2. The lowest BCUT2D eigenvalue weighted by molar-refractivity contribution is -0.168. The van der Waals surface area contributed by atoms with Crippen molar-refractivity contribution in [1.82, 2.24) is 0 Å². The number of rotatable bonds is 5. The predicted octanol–water partition coefficient (Wildman–Crippen LogP) is 14.2. The molecular formula is C64H87ClN2O10. The van der Waals surface area contributed by atoms with Gasteiger partial charge in [0, 0.05) is 44.4 Å². The maximum atomic E-state index is 13.2. The number of carbonyl (C=O) groups is 6.